The molecule has 0 aromatic heterocycles. The first-order chi connectivity index (χ1) is 5.13. The normalized spacial score (nSPS) is 10.9. The minimum atomic E-state index is -1.26. The number of hydrogen-bond donors (Lipinski definition) is 1. The fraction of sp³-hybridized carbons (Fsp3) is 0.429. The first-order valence-corrected chi connectivity index (χ1v) is 3.20. The Morgan fingerprint density at radius 3 is 2.36 bits per heavy atom. The molecule has 4 nitrogen and oxygen atoms in total. The average molecular weight is 158 g/mol. The third-order valence-corrected chi connectivity index (χ3v) is 1.01. The van der Waals surface area contributed by atoms with Crippen molar-refractivity contribution < 1.29 is 19.4 Å². The lowest BCUT2D eigenvalue weighted by Gasteiger charge is -1.99. The Morgan fingerprint density at radius 1 is 1.55 bits per heavy atom. The highest BCUT2D eigenvalue weighted by atomic mass is 16.5. The van der Waals surface area contributed by atoms with E-state index in [-0.39, 0.29) is 12.2 Å². The number of hydrogen-bond acceptors (Lipinski definition) is 3. The molecule has 0 rings (SSSR count). The van der Waals surface area contributed by atoms with E-state index < -0.39 is 11.9 Å². The molecule has 0 spiro atoms. The van der Waals surface area contributed by atoms with Gasteiger partial charge in [0.25, 0.3) is 0 Å². The summed E-state index contributed by atoms with van der Waals surface area (Å²) in [6, 6.07) is 0. The molecule has 0 heterocycles. The van der Waals surface area contributed by atoms with Gasteiger partial charge in [-0.1, -0.05) is 6.08 Å². The molecule has 11 heavy (non-hydrogen) atoms. The third-order valence-electron chi connectivity index (χ3n) is 1.01. The highest BCUT2D eigenvalue weighted by Gasteiger charge is 2.16. The number of carbonyl (C=O) groups is 2. The summed E-state index contributed by atoms with van der Waals surface area (Å²) < 4.78 is 4.47. The Morgan fingerprint density at radius 2 is 2.09 bits per heavy atom. The summed E-state index contributed by atoms with van der Waals surface area (Å²) in [6.45, 7) is 3.27. The summed E-state index contributed by atoms with van der Waals surface area (Å²) in [5.41, 5.74) is -0.327. The van der Waals surface area contributed by atoms with Gasteiger partial charge in [0, 0.05) is 0 Å². The smallest absolute Gasteiger partial charge is 0.345 e. The second-order valence-corrected chi connectivity index (χ2v) is 1.73. The predicted molar refractivity (Wildman–Crippen MR) is 38.0 cm³/mol. The summed E-state index contributed by atoms with van der Waals surface area (Å²) in [5.74, 6) is -2.05. The standard InChI is InChI=1S/C7H10O4/c1-3-5(6(8)9)7(10)11-4-2/h3H,4H2,1-2H3,(H,8,9)/b5-3-. The van der Waals surface area contributed by atoms with Crippen molar-refractivity contribution in [3.8, 4) is 0 Å². The summed E-state index contributed by atoms with van der Waals surface area (Å²) in [5, 5.41) is 8.40. The topological polar surface area (TPSA) is 63.6 Å². The molecule has 0 aromatic rings. The molecule has 0 radical (unpaired) electrons. The Bertz CT molecular complexity index is 193. The lowest BCUT2D eigenvalue weighted by Crippen LogP contribution is -2.14. The number of carbonyl (C=O) groups excluding carboxylic acids is 1. The molecule has 0 aromatic carbocycles. The quantitative estimate of drug-likeness (QED) is 0.282. The van der Waals surface area contributed by atoms with Gasteiger partial charge >= 0.3 is 11.9 Å². The number of ether oxygens (including phenoxy) is 1. The van der Waals surface area contributed by atoms with E-state index in [1.54, 1.807) is 6.92 Å². The fourth-order valence-electron chi connectivity index (χ4n) is 0.537. The average Bonchev–Trinajstić information content (AvgIpc) is 1.88. The zero-order chi connectivity index (χ0) is 8.85. The first-order valence-electron chi connectivity index (χ1n) is 3.20. The highest BCUT2D eigenvalue weighted by molar-refractivity contribution is 6.13. The maximum Gasteiger partial charge on any atom is 0.345 e. The SMILES string of the molecule is C/C=C(/C(=O)O)C(=O)OCC. The van der Waals surface area contributed by atoms with Gasteiger partial charge in [0.2, 0.25) is 0 Å². The molecule has 0 aliphatic heterocycles. The molecule has 0 aliphatic rings. The van der Waals surface area contributed by atoms with Crippen molar-refractivity contribution in [2.75, 3.05) is 6.61 Å². The van der Waals surface area contributed by atoms with Gasteiger partial charge in [-0.25, -0.2) is 9.59 Å². The molecule has 0 saturated heterocycles. The van der Waals surface area contributed by atoms with Gasteiger partial charge < -0.3 is 9.84 Å². The van der Waals surface area contributed by atoms with Gasteiger partial charge in [-0.15, -0.1) is 0 Å². The van der Waals surface area contributed by atoms with E-state index in [2.05, 4.69) is 4.74 Å². The Balaban J connectivity index is 4.29. The van der Waals surface area contributed by atoms with Crippen LogP contribution in [0.5, 0.6) is 0 Å². The largest absolute Gasteiger partial charge is 0.477 e. The van der Waals surface area contributed by atoms with Gasteiger partial charge in [0.1, 0.15) is 5.57 Å². The van der Waals surface area contributed by atoms with E-state index in [9.17, 15) is 9.59 Å². The monoisotopic (exact) mass is 158 g/mol. The minimum absolute atomic E-state index is 0.184. The predicted octanol–water partition coefficient (Wildman–Crippen LogP) is 0.580. The molecule has 0 atom stereocenters. The van der Waals surface area contributed by atoms with E-state index in [0.29, 0.717) is 0 Å². The van der Waals surface area contributed by atoms with Crippen molar-refractivity contribution in [2.24, 2.45) is 0 Å². The fourth-order valence-corrected chi connectivity index (χ4v) is 0.537. The van der Waals surface area contributed by atoms with Crippen LogP contribution in [0.3, 0.4) is 0 Å². The van der Waals surface area contributed by atoms with Crippen molar-refractivity contribution >= 4 is 11.9 Å². The van der Waals surface area contributed by atoms with Crippen LogP contribution in [-0.4, -0.2) is 23.7 Å². The van der Waals surface area contributed by atoms with Crippen LogP contribution in [0.4, 0.5) is 0 Å². The lowest BCUT2D eigenvalue weighted by molar-refractivity contribution is -0.143. The van der Waals surface area contributed by atoms with Crippen LogP contribution in [0.1, 0.15) is 13.8 Å². The van der Waals surface area contributed by atoms with Crippen molar-refractivity contribution in [3.63, 3.8) is 0 Å². The van der Waals surface area contributed by atoms with Gasteiger partial charge in [0.15, 0.2) is 0 Å². The van der Waals surface area contributed by atoms with Crippen LogP contribution in [0.15, 0.2) is 11.6 Å². The van der Waals surface area contributed by atoms with Crippen LogP contribution in [0.2, 0.25) is 0 Å². The zero-order valence-electron chi connectivity index (χ0n) is 6.46. The van der Waals surface area contributed by atoms with E-state index in [0.717, 1.165) is 0 Å². The number of rotatable bonds is 3. The van der Waals surface area contributed by atoms with Crippen molar-refractivity contribution in [1.29, 1.82) is 0 Å². The number of carboxylic acids is 1. The number of esters is 1. The van der Waals surface area contributed by atoms with Crippen LogP contribution in [-0.2, 0) is 14.3 Å². The molecule has 0 amide bonds. The van der Waals surface area contributed by atoms with E-state index in [1.807, 2.05) is 0 Å². The molecule has 0 bridgehead atoms. The third kappa shape index (κ3) is 2.84. The van der Waals surface area contributed by atoms with Crippen molar-refractivity contribution in [2.45, 2.75) is 13.8 Å². The molecule has 0 unspecified atom stereocenters. The molecule has 4 heteroatoms. The number of carboxylic acid groups (broad SMARTS) is 1. The summed E-state index contributed by atoms with van der Waals surface area (Å²) >= 11 is 0. The molecule has 0 aliphatic carbocycles. The Labute approximate surface area is 64.5 Å². The van der Waals surface area contributed by atoms with Crippen molar-refractivity contribution in [3.05, 3.63) is 11.6 Å². The van der Waals surface area contributed by atoms with Crippen LogP contribution in [0.25, 0.3) is 0 Å². The number of aliphatic carboxylic acids is 1. The highest BCUT2D eigenvalue weighted by Crippen LogP contribution is 1.97. The molecular formula is C7H10O4. The van der Waals surface area contributed by atoms with Crippen molar-refractivity contribution in [1.82, 2.24) is 0 Å². The summed E-state index contributed by atoms with van der Waals surface area (Å²) in [7, 11) is 0. The van der Waals surface area contributed by atoms with Crippen LogP contribution >= 0.6 is 0 Å². The Kier molecular flexibility index (Phi) is 3.95. The molecular weight excluding hydrogens is 148 g/mol. The maximum absolute atomic E-state index is 10.7. The second-order valence-electron chi connectivity index (χ2n) is 1.73. The van der Waals surface area contributed by atoms with Gasteiger partial charge in [-0.05, 0) is 13.8 Å². The lowest BCUT2D eigenvalue weighted by atomic mass is 10.2. The van der Waals surface area contributed by atoms with Gasteiger partial charge in [-0.2, -0.15) is 0 Å². The maximum atomic E-state index is 10.7. The van der Waals surface area contributed by atoms with E-state index in [1.165, 1.54) is 13.0 Å². The summed E-state index contributed by atoms with van der Waals surface area (Å²) in [4.78, 5) is 21.0. The molecule has 1 N–H and O–H groups in total. The first kappa shape index (κ1) is 9.68. The van der Waals surface area contributed by atoms with E-state index in [4.69, 9.17) is 5.11 Å². The minimum Gasteiger partial charge on any atom is -0.477 e. The Hall–Kier alpha value is -1.32. The van der Waals surface area contributed by atoms with Crippen LogP contribution in [0, 0.1) is 0 Å². The zero-order valence-corrected chi connectivity index (χ0v) is 6.46. The molecule has 62 valence electrons. The summed E-state index contributed by atoms with van der Waals surface area (Å²) in [6.07, 6.45) is 1.21. The van der Waals surface area contributed by atoms with Crippen LogP contribution < -0.4 is 0 Å². The van der Waals surface area contributed by atoms with Gasteiger partial charge in [0.05, 0.1) is 6.61 Å². The van der Waals surface area contributed by atoms with E-state index >= 15 is 0 Å². The molecule has 0 fully saturated rings. The molecule has 0 saturated carbocycles. The second kappa shape index (κ2) is 4.49. The van der Waals surface area contributed by atoms with Gasteiger partial charge in [-0.3, -0.25) is 0 Å². The number of allylic oxidation sites excluding steroid dienone is 1.